The van der Waals surface area contributed by atoms with Gasteiger partial charge in [0.1, 0.15) is 0 Å². The second-order valence-corrected chi connectivity index (χ2v) is 46.4. The van der Waals surface area contributed by atoms with Gasteiger partial charge in [0.05, 0.1) is 41.5 Å². The maximum absolute atomic E-state index is 13.4. The molecule has 0 atom stereocenters. The van der Waals surface area contributed by atoms with Gasteiger partial charge in [-0.25, -0.2) is 62.0 Å². The molecule has 0 aliphatic carbocycles. The summed E-state index contributed by atoms with van der Waals surface area (Å²) in [5.41, 5.74) is 3.26. The number of hydrogen-bond donors (Lipinski definition) is 4. The smallest absolute Gasteiger partial charge is 0.453 e. The van der Waals surface area contributed by atoms with E-state index < -0.39 is 106 Å². The van der Waals surface area contributed by atoms with Crippen molar-refractivity contribution in [3.63, 3.8) is 0 Å². The molecule has 1 rings (SSSR count). The number of aliphatic hydroxyl groups is 1. The highest BCUT2D eigenvalue weighted by Gasteiger charge is 2.43. The first-order valence-corrected chi connectivity index (χ1v) is 50.5. The number of alkyl carbamates (subject to hydrolysis) is 2. The van der Waals surface area contributed by atoms with Crippen LogP contribution in [-0.4, -0.2) is 359 Å². The van der Waals surface area contributed by atoms with Crippen LogP contribution in [0.15, 0.2) is 24.4 Å². The van der Waals surface area contributed by atoms with Crippen molar-refractivity contribution in [2.75, 3.05) is 239 Å². The molecule has 2 amide bonds. The lowest BCUT2D eigenvalue weighted by Crippen LogP contribution is -2.55. The molecule has 0 fully saturated rings. The van der Waals surface area contributed by atoms with E-state index in [-0.39, 0.29) is 22.5 Å². The molecule has 0 saturated heterocycles. The van der Waals surface area contributed by atoms with Gasteiger partial charge in [-0.2, -0.15) is 0 Å². The second-order valence-electron chi connectivity index (χ2n) is 21.7. The normalized spacial score (nSPS) is 11.4. The van der Waals surface area contributed by atoms with E-state index in [1.807, 2.05) is 0 Å². The van der Waals surface area contributed by atoms with Gasteiger partial charge in [-0.05, 0) is 57.9 Å². The topological polar surface area (TPSA) is 505 Å². The predicted molar refractivity (Wildman–Crippen MR) is 436 cm³/mol. The van der Waals surface area contributed by atoms with E-state index in [1.165, 1.54) is 105 Å². The van der Waals surface area contributed by atoms with E-state index in [9.17, 15) is 38.4 Å². The monoisotopic (exact) mass is 1810 g/mol. The van der Waals surface area contributed by atoms with Gasteiger partial charge in [-0.15, -0.1) is 0 Å². The Morgan fingerprint density at radius 3 is 0.640 bits per heavy atom. The standard InChI is InChI=1S/C21H45N3O12Si3.2C8H19NO5Si.2C7H15NO4Si.C6H17NO3Si.C3H6O3.CH4O.2H2/c1-28-37(29-2,30-3)16-10-13-22-19(25)23(14-11-17-38(31-4,32-5)33-6)21(27)24(20(22)26)15-12-18-39(34-7,35-8)36-9;2*1-11-8(10)9-6-5-7-15(12-2,13-3)14-4;2*1-10-13(11-2,12-3)6-4-5-8-7-9;1-8-11(9-2,10-3)6-4-5-7;1-5-3(4)6-2;1-2;;/h10-18H2,1-9H3;2*5-7H2,1-4H3,(H,9,10);2*4-6H2,1-3H3;4-7H2,1-3H3;1-2H3;2H,1H3;2*1H/i;;;;;;;;2*1+1. The van der Waals surface area contributed by atoms with Crippen molar-refractivity contribution in [1.29, 1.82) is 0 Å². The van der Waals surface area contributed by atoms with Crippen molar-refractivity contribution in [3.8, 4) is 0 Å². The summed E-state index contributed by atoms with van der Waals surface area (Å²) >= 11 is 0. The summed E-state index contributed by atoms with van der Waals surface area (Å²) in [5.74, 6) is 0. The van der Waals surface area contributed by atoms with Gasteiger partial charge in [0.15, 0.2) is 0 Å². The van der Waals surface area contributed by atoms with Crippen LogP contribution >= 0.6 is 0 Å². The van der Waals surface area contributed by atoms with Crippen molar-refractivity contribution in [1.82, 2.24) is 24.3 Å². The van der Waals surface area contributed by atoms with Crippen LogP contribution in [-0.2, 0) is 154 Å². The molecule has 0 aliphatic heterocycles. The molecule has 1 aromatic heterocycles. The molecule has 0 unspecified atom stereocenters. The summed E-state index contributed by atoms with van der Waals surface area (Å²) in [6.07, 6.45) is 6.22. The van der Waals surface area contributed by atoms with Crippen LogP contribution in [0.5, 0.6) is 0 Å². The molecule has 0 radical (unpaired) electrons. The number of aliphatic imine (C=N–C) groups is 2. The Labute approximate surface area is 684 Å². The molecular weight excluding hydrogens is 1660 g/mol. The third-order valence-electron chi connectivity index (χ3n) is 16.3. The van der Waals surface area contributed by atoms with Gasteiger partial charge in [-0.1, -0.05) is 0 Å². The summed E-state index contributed by atoms with van der Waals surface area (Å²) in [6.45, 7) is 2.68. The number of nitrogens with two attached hydrogens (primary N) is 1. The zero-order chi connectivity index (χ0) is 89.2. The molecule has 1 aromatic rings. The number of carbonyl (C=O) groups is 3. The number of amides is 2. The van der Waals surface area contributed by atoms with Gasteiger partial charge < -0.3 is 147 Å². The first kappa shape index (κ1) is 123. The van der Waals surface area contributed by atoms with Gasteiger partial charge in [0.25, 0.3) is 0 Å². The van der Waals surface area contributed by atoms with Crippen LogP contribution in [0.1, 0.15) is 54.2 Å². The van der Waals surface area contributed by atoms with Gasteiger partial charge in [0.2, 0.25) is 12.2 Å². The lowest BCUT2D eigenvalue weighted by molar-refractivity contribution is 0.0923. The van der Waals surface area contributed by atoms with E-state index in [0.29, 0.717) is 107 Å². The van der Waals surface area contributed by atoms with Gasteiger partial charge >= 0.3 is 106 Å². The number of aliphatic hydroxyl groups excluding tert-OH is 1. The molecule has 0 bridgehead atoms. The summed E-state index contributed by atoms with van der Waals surface area (Å²) in [7, 11) is 22.2. The third-order valence-corrected chi connectivity index (χ3v) is 39.0. The fourth-order valence-electron chi connectivity index (χ4n) is 9.44. The number of aromatic nitrogens is 3. The second kappa shape index (κ2) is 76.1. The summed E-state index contributed by atoms with van der Waals surface area (Å²) in [4.78, 5) is 97.7. The minimum atomic E-state index is -2.92. The van der Waals surface area contributed by atoms with Crippen LogP contribution in [0.25, 0.3) is 0 Å². The fraction of sp³-hybridized carbons (Fsp3) is 0.869. The quantitative estimate of drug-likeness (QED) is 0.0182. The number of carbonyl (C=O) groups excluding carboxylic acids is 5. The highest BCUT2D eigenvalue weighted by molar-refractivity contribution is 6.63. The maximum Gasteiger partial charge on any atom is 0.507 e. The number of nitrogens with zero attached hydrogens (tertiary/aromatic N) is 5. The molecule has 1 heterocycles. The zero-order valence-corrected chi connectivity index (χ0v) is 80.9. The fourth-order valence-corrected chi connectivity index (χ4v) is 23.2. The lowest BCUT2D eigenvalue weighted by Gasteiger charge is -2.25. The molecule has 0 aromatic carbocycles. The number of rotatable bonds is 55. The Hall–Kier alpha value is -4.32. The Kier molecular flexibility index (Phi) is 82.0. The van der Waals surface area contributed by atoms with Crippen LogP contribution in [0, 0.1) is 0 Å². The molecule has 0 saturated carbocycles. The molecular formula is C61H144N8O37Si8. The Bertz CT molecular complexity index is 2480. The molecule has 53 heteroatoms. The zero-order valence-electron chi connectivity index (χ0n) is 72.9. The Morgan fingerprint density at radius 1 is 0.316 bits per heavy atom. The summed E-state index contributed by atoms with van der Waals surface area (Å²) in [5, 5.41) is 12.1. The van der Waals surface area contributed by atoms with E-state index in [4.69, 9.17) is 117 Å². The molecule has 682 valence electrons. The SMILES string of the molecule is CO.COC(=O)NCCC[Si](OC)(OC)OC.COC(=O)NCCC[Si](OC)(OC)OC.COC(=O)OC.CO[Si](CCCN)(OC)OC.CO[Si](CCCN=C=O)(OC)OC.CO[Si](CCCN=C=O)(OC)OC.CO[Si](CCCn1c(=O)n(CCC[Si](OC)(OC)OC)c(=O)n(CCC[Si](OC)(OC)OC)c1=O)(OC)OC.[2HH].[2HH]. The van der Waals surface area contributed by atoms with Crippen molar-refractivity contribution < 1.29 is 157 Å². The van der Waals surface area contributed by atoms with Crippen molar-refractivity contribution in [3.05, 3.63) is 31.5 Å². The van der Waals surface area contributed by atoms with Crippen LogP contribution in [0.2, 0.25) is 48.4 Å². The van der Waals surface area contributed by atoms with E-state index in [2.05, 4.69) is 39.6 Å². The van der Waals surface area contributed by atoms with Crippen LogP contribution in [0.4, 0.5) is 14.4 Å². The highest BCUT2D eigenvalue weighted by atomic mass is 28.4. The van der Waals surface area contributed by atoms with Gasteiger partial charge in [-0.3, -0.25) is 0 Å². The Balaban J connectivity index is -0.000000178. The molecule has 5 N–H and O–H groups in total. The van der Waals surface area contributed by atoms with Crippen LogP contribution in [0.3, 0.4) is 0 Å². The molecule has 0 spiro atoms. The number of methoxy groups -OCH3 is 4. The molecule has 45 nitrogen and oxygen atoms in total. The van der Waals surface area contributed by atoms with Crippen molar-refractivity contribution >= 4 is 101 Å². The number of hydrogen-bond acceptors (Lipinski definition) is 40. The predicted octanol–water partition coefficient (Wildman–Crippen LogP) is 3.09. The average molecular weight is 1810 g/mol. The van der Waals surface area contributed by atoms with Crippen LogP contribution < -0.4 is 33.4 Å². The minimum absolute atomic E-state index is 0. The molecule has 0 aliphatic rings. The van der Waals surface area contributed by atoms with Crippen molar-refractivity contribution in [2.45, 2.75) is 119 Å². The number of isocyanates is 2. The number of ether oxygens (including phenoxy) is 4. The summed E-state index contributed by atoms with van der Waals surface area (Å²) in [6, 6.07) is 4.51. The van der Waals surface area contributed by atoms with Crippen molar-refractivity contribution in [2.24, 2.45) is 15.7 Å². The number of nitrogens with one attached hydrogen (secondary N) is 2. The largest absolute Gasteiger partial charge is 0.507 e. The first-order chi connectivity index (χ1) is 54.4. The minimum Gasteiger partial charge on any atom is -0.453 e. The van der Waals surface area contributed by atoms with Gasteiger partial charge in [0, 0.05) is 262 Å². The maximum atomic E-state index is 13.4. The Morgan fingerprint density at radius 2 is 0.491 bits per heavy atom. The molecule has 114 heavy (non-hydrogen) atoms. The third kappa shape index (κ3) is 50.6. The lowest BCUT2D eigenvalue weighted by atomic mass is 10.4. The van der Waals surface area contributed by atoms with E-state index in [1.54, 1.807) is 107 Å². The first-order valence-electron chi connectivity index (χ1n) is 35.0. The average Bonchev–Trinajstić information content (AvgIpc) is 0.782. The van der Waals surface area contributed by atoms with E-state index in [0.717, 1.165) is 46.1 Å². The highest BCUT2D eigenvalue weighted by Crippen LogP contribution is 2.21. The van der Waals surface area contributed by atoms with E-state index >= 15 is 0 Å². The summed E-state index contributed by atoms with van der Waals surface area (Å²) < 4.78 is 147.